The molecular formula is C18H28Cl2N2O2. The smallest absolute Gasteiger partial charge is 0.156 e. The van der Waals surface area contributed by atoms with Gasteiger partial charge in [0.25, 0.3) is 0 Å². The summed E-state index contributed by atoms with van der Waals surface area (Å²) in [6.45, 7) is 11.6. The highest BCUT2D eigenvalue weighted by Crippen LogP contribution is 2.32. The van der Waals surface area contributed by atoms with E-state index in [-0.39, 0.29) is 0 Å². The molecule has 1 saturated heterocycles. The number of benzene rings is 1. The van der Waals surface area contributed by atoms with Crippen molar-refractivity contribution in [1.82, 2.24) is 9.80 Å². The fraction of sp³-hybridized carbons (Fsp3) is 0.667. The Morgan fingerprint density at radius 2 is 1.83 bits per heavy atom. The quantitative estimate of drug-likeness (QED) is 0.613. The largest absolute Gasteiger partial charge is 0.489 e. The van der Waals surface area contributed by atoms with Crippen LogP contribution in [0.1, 0.15) is 20.3 Å². The Balaban J connectivity index is 1.76. The van der Waals surface area contributed by atoms with E-state index in [0.29, 0.717) is 28.4 Å². The molecule has 0 radical (unpaired) electrons. The molecule has 1 aliphatic rings. The molecule has 0 bridgehead atoms. The number of nitrogens with zero attached hydrogens (tertiary/aromatic N) is 2. The first-order chi connectivity index (χ1) is 11.7. The number of piperazine rings is 1. The van der Waals surface area contributed by atoms with Crippen molar-refractivity contribution >= 4 is 23.2 Å². The molecule has 1 aliphatic heterocycles. The molecule has 6 heteroatoms. The fourth-order valence-electron chi connectivity index (χ4n) is 3.07. The summed E-state index contributed by atoms with van der Waals surface area (Å²) in [4.78, 5) is 4.99. The van der Waals surface area contributed by atoms with Crippen molar-refractivity contribution in [1.29, 1.82) is 0 Å². The summed E-state index contributed by atoms with van der Waals surface area (Å²) >= 11 is 12.3. The number of hydrogen-bond donors (Lipinski definition) is 0. The van der Waals surface area contributed by atoms with Crippen molar-refractivity contribution in [2.75, 3.05) is 52.5 Å². The number of halogens is 2. The average Bonchev–Trinajstić information content (AvgIpc) is 2.58. The Labute approximate surface area is 155 Å². The monoisotopic (exact) mass is 374 g/mol. The number of hydrogen-bond acceptors (Lipinski definition) is 4. The minimum atomic E-state index is 0.565. The van der Waals surface area contributed by atoms with Gasteiger partial charge in [-0.3, -0.25) is 9.80 Å². The van der Waals surface area contributed by atoms with Gasteiger partial charge >= 0.3 is 0 Å². The zero-order valence-electron chi connectivity index (χ0n) is 14.6. The number of rotatable bonds is 9. The van der Waals surface area contributed by atoms with Crippen molar-refractivity contribution in [2.45, 2.75) is 26.3 Å². The second-order valence-electron chi connectivity index (χ2n) is 5.99. The Kier molecular flexibility index (Phi) is 8.63. The van der Waals surface area contributed by atoms with Crippen LogP contribution in [-0.4, -0.2) is 68.4 Å². The molecule has 1 atom stereocenters. The molecule has 1 aromatic carbocycles. The van der Waals surface area contributed by atoms with E-state index in [1.165, 1.54) is 0 Å². The second kappa shape index (κ2) is 10.5. The summed E-state index contributed by atoms with van der Waals surface area (Å²) in [7, 11) is 0. The van der Waals surface area contributed by atoms with Gasteiger partial charge in [-0.25, -0.2) is 0 Å². The molecule has 2 rings (SSSR count). The van der Waals surface area contributed by atoms with Gasteiger partial charge in [0.05, 0.1) is 16.7 Å². The summed E-state index contributed by atoms with van der Waals surface area (Å²) in [5.41, 5.74) is 0. The average molecular weight is 375 g/mol. The van der Waals surface area contributed by atoms with Crippen LogP contribution in [0.3, 0.4) is 0 Å². The van der Waals surface area contributed by atoms with Gasteiger partial charge in [-0.1, -0.05) is 36.2 Å². The van der Waals surface area contributed by atoms with Gasteiger partial charge in [-0.2, -0.15) is 0 Å². The van der Waals surface area contributed by atoms with Gasteiger partial charge in [0.15, 0.2) is 5.75 Å². The van der Waals surface area contributed by atoms with Gasteiger partial charge in [0.1, 0.15) is 6.61 Å². The topological polar surface area (TPSA) is 24.9 Å². The van der Waals surface area contributed by atoms with E-state index in [1.54, 1.807) is 12.1 Å². The Hall–Kier alpha value is -0.520. The van der Waals surface area contributed by atoms with Crippen LogP contribution in [0.25, 0.3) is 0 Å². The van der Waals surface area contributed by atoms with Crippen LogP contribution in [0, 0.1) is 0 Å². The minimum Gasteiger partial charge on any atom is -0.489 e. The molecule has 1 aromatic rings. The zero-order chi connectivity index (χ0) is 17.4. The van der Waals surface area contributed by atoms with Crippen molar-refractivity contribution in [2.24, 2.45) is 0 Å². The van der Waals surface area contributed by atoms with E-state index in [9.17, 15) is 0 Å². The van der Waals surface area contributed by atoms with Crippen LogP contribution in [0.15, 0.2) is 18.2 Å². The molecule has 1 fully saturated rings. The predicted molar refractivity (Wildman–Crippen MR) is 101 cm³/mol. The summed E-state index contributed by atoms with van der Waals surface area (Å²) in [6.07, 6.45) is 1.15. The molecule has 4 nitrogen and oxygen atoms in total. The third-order valence-corrected chi connectivity index (χ3v) is 5.06. The van der Waals surface area contributed by atoms with Crippen LogP contribution in [0.4, 0.5) is 0 Å². The molecular weight excluding hydrogens is 347 g/mol. The van der Waals surface area contributed by atoms with E-state index in [0.717, 1.165) is 52.4 Å². The van der Waals surface area contributed by atoms with Crippen molar-refractivity contribution < 1.29 is 9.47 Å². The number of para-hydroxylation sites is 1. The number of ether oxygens (including phenoxy) is 2. The standard InChI is InChI=1S/C18H28Cl2N2O2/c1-3-15-14-21(8-9-22(15)11-12-23-4-2)10-13-24-18-16(19)6-5-7-17(18)20/h5-7,15H,3-4,8-14H2,1-2H3. The first-order valence-corrected chi connectivity index (χ1v) is 9.52. The van der Waals surface area contributed by atoms with Crippen LogP contribution in [-0.2, 0) is 4.74 Å². The van der Waals surface area contributed by atoms with Crippen molar-refractivity contribution in [3.8, 4) is 5.75 Å². The first-order valence-electron chi connectivity index (χ1n) is 8.76. The maximum Gasteiger partial charge on any atom is 0.156 e. The zero-order valence-corrected chi connectivity index (χ0v) is 16.2. The molecule has 0 spiro atoms. The predicted octanol–water partition coefficient (Wildman–Crippen LogP) is 3.80. The lowest BCUT2D eigenvalue weighted by Gasteiger charge is -2.41. The SMILES string of the molecule is CCOCCN1CCN(CCOc2c(Cl)cccc2Cl)CC1CC. The molecule has 1 unspecified atom stereocenters. The molecule has 0 aromatic heterocycles. The van der Waals surface area contributed by atoms with Gasteiger partial charge in [-0.05, 0) is 25.5 Å². The van der Waals surface area contributed by atoms with Crippen LogP contribution < -0.4 is 4.74 Å². The van der Waals surface area contributed by atoms with E-state index in [1.807, 2.05) is 13.0 Å². The minimum absolute atomic E-state index is 0.565. The second-order valence-corrected chi connectivity index (χ2v) is 6.81. The van der Waals surface area contributed by atoms with Crippen molar-refractivity contribution in [3.63, 3.8) is 0 Å². The lowest BCUT2D eigenvalue weighted by molar-refractivity contribution is 0.0369. The van der Waals surface area contributed by atoms with Crippen molar-refractivity contribution in [3.05, 3.63) is 28.2 Å². The van der Waals surface area contributed by atoms with E-state index in [4.69, 9.17) is 32.7 Å². The maximum absolute atomic E-state index is 6.13. The Morgan fingerprint density at radius 1 is 1.08 bits per heavy atom. The Morgan fingerprint density at radius 3 is 2.50 bits per heavy atom. The molecule has 0 amide bonds. The molecule has 1 heterocycles. The van der Waals surface area contributed by atoms with Gasteiger partial charge in [-0.15, -0.1) is 0 Å². The molecule has 24 heavy (non-hydrogen) atoms. The molecule has 136 valence electrons. The van der Waals surface area contributed by atoms with Gasteiger partial charge in [0.2, 0.25) is 0 Å². The summed E-state index contributed by atoms with van der Waals surface area (Å²) in [5.74, 6) is 0.586. The highest BCUT2D eigenvalue weighted by Gasteiger charge is 2.25. The van der Waals surface area contributed by atoms with E-state index >= 15 is 0 Å². The van der Waals surface area contributed by atoms with Crippen LogP contribution in [0.2, 0.25) is 10.0 Å². The molecule has 0 saturated carbocycles. The Bertz CT molecular complexity index is 482. The lowest BCUT2D eigenvalue weighted by atomic mass is 10.1. The fourth-order valence-corrected chi connectivity index (χ4v) is 3.57. The van der Waals surface area contributed by atoms with Crippen LogP contribution >= 0.6 is 23.2 Å². The molecule has 0 aliphatic carbocycles. The summed E-state index contributed by atoms with van der Waals surface area (Å²) < 4.78 is 11.3. The summed E-state index contributed by atoms with van der Waals surface area (Å²) in [5, 5.41) is 1.13. The van der Waals surface area contributed by atoms with Crippen LogP contribution in [0.5, 0.6) is 5.75 Å². The van der Waals surface area contributed by atoms with Gasteiger partial charge < -0.3 is 9.47 Å². The van der Waals surface area contributed by atoms with E-state index in [2.05, 4.69) is 16.7 Å². The third-order valence-electron chi connectivity index (χ3n) is 4.46. The van der Waals surface area contributed by atoms with Gasteiger partial charge in [0, 0.05) is 45.4 Å². The van der Waals surface area contributed by atoms with E-state index < -0.39 is 0 Å². The summed E-state index contributed by atoms with van der Waals surface area (Å²) in [6, 6.07) is 6.01. The lowest BCUT2D eigenvalue weighted by Crippen LogP contribution is -2.54. The first kappa shape index (κ1) is 19.8. The highest BCUT2D eigenvalue weighted by atomic mass is 35.5. The normalized spacial score (nSPS) is 19.6. The third kappa shape index (κ3) is 5.78. The highest BCUT2D eigenvalue weighted by molar-refractivity contribution is 6.37. The maximum atomic E-state index is 6.13. The molecule has 0 N–H and O–H groups in total.